The van der Waals surface area contributed by atoms with Crippen LogP contribution in [0.15, 0.2) is 35.2 Å². The number of anilines is 1. The van der Waals surface area contributed by atoms with Crippen LogP contribution in [-0.4, -0.2) is 57.1 Å². The summed E-state index contributed by atoms with van der Waals surface area (Å²) in [6, 6.07) is 4.46. The van der Waals surface area contributed by atoms with Gasteiger partial charge in [-0.3, -0.25) is 14.4 Å². The minimum absolute atomic E-state index is 0.152. The zero-order valence-electron chi connectivity index (χ0n) is 17.9. The fourth-order valence-corrected chi connectivity index (χ4v) is 5.64. The van der Waals surface area contributed by atoms with Gasteiger partial charge in [0.15, 0.2) is 5.75 Å². The number of carboxylic acids is 1. The molecule has 1 aliphatic rings. The van der Waals surface area contributed by atoms with Crippen molar-refractivity contribution in [2.75, 3.05) is 18.0 Å². The third-order valence-electron chi connectivity index (χ3n) is 4.93. The van der Waals surface area contributed by atoms with E-state index in [9.17, 15) is 36.7 Å². The van der Waals surface area contributed by atoms with Gasteiger partial charge in [0.1, 0.15) is 10.9 Å². The predicted molar refractivity (Wildman–Crippen MR) is 123 cm³/mol. The molecule has 35 heavy (non-hydrogen) atoms. The first kappa shape index (κ1) is 26.8. The molecule has 0 bridgehead atoms. The maximum Gasteiger partial charge on any atom is 0.387 e. The first-order valence-electron chi connectivity index (χ1n) is 10.2. The molecular formula is C20H20ClF2N3O7S2. The second-order valence-corrected chi connectivity index (χ2v) is 10.7. The summed E-state index contributed by atoms with van der Waals surface area (Å²) in [5.74, 6) is -3.49. The molecule has 2 aromatic rings. The van der Waals surface area contributed by atoms with Crippen molar-refractivity contribution >= 4 is 56.4 Å². The van der Waals surface area contributed by atoms with Crippen molar-refractivity contribution in [3.05, 3.63) is 39.5 Å². The standard InChI is InChI=1S/C20H20ClF2N3O7S2/c21-15-8-7-13(34-15)18(28)24-10-11(19(29)30)25-35(31,32)14-5-3-4-12(17(14)33-20(22)23)26-9-2-1-6-16(26)27/h3-5,7-8,11,20,25H,1-2,6,9-10H2,(H,24,28)(H,29,30)/t11-/m0/s1. The van der Waals surface area contributed by atoms with E-state index in [0.717, 1.165) is 22.3 Å². The van der Waals surface area contributed by atoms with Crippen LogP contribution >= 0.6 is 22.9 Å². The number of carboxylic acid groups (broad SMARTS) is 1. The van der Waals surface area contributed by atoms with E-state index >= 15 is 0 Å². The Bertz CT molecular complexity index is 1220. The average molecular weight is 552 g/mol. The fourth-order valence-electron chi connectivity index (χ4n) is 3.34. The van der Waals surface area contributed by atoms with E-state index in [1.807, 2.05) is 4.72 Å². The van der Waals surface area contributed by atoms with E-state index in [1.54, 1.807) is 0 Å². The number of sulfonamides is 1. The number of hydrogen-bond acceptors (Lipinski definition) is 7. The number of hydrogen-bond donors (Lipinski definition) is 3. The molecule has 1 atom stereocenters. The fraction of sp³-hybridized carbons (Fsp3) is 0.350. The number of benzene rings is 1. The number of alkyl halides is 2. The lowest BCUT2D eigenvalue weighted by atomic mass is 10.1. The zero-order valence-corrected chi connectivity index (χ0v) is 20.3. The maximum absolute atomic E-state index is 13.2. The predicted octanol–water partition coefficient (Wildman–Crippen LogP) is 2.68. The molecular weight excluding hydrogens is 532 g/mol. The lowest BCUT2D eigenvalue weighted by Gasteiger charge is -2.29. The molecule has 1 aromatic carbocycles. The summed E-state index contributed by atoms with van der Waals surface area (Å²) in [4.78, 5) is 36.7. The third-order valence-corrected chi connectivity index (χ3v) is 7.65. The monoisotopic (exact) mass is 551 g/mol. The van der Waals surface area contributed by atoms with Crippen LogP contribution in [0.5, 0.6) is 5.75 Å². The van der Waals surface area contributed by atoms with Crippen molar-refractivity contribution in [1.82, 2.24) is 10.0 Å². The number of aliphatic carboxylic acids is 1. The molecule has 1 saturated heterocycles. The molecule has 3 rings (SSSR count). The Kier molecular flexibility index (Phi) is 8.64. The summed E-state index contributed by atoms with van der Waals surface area (Å²) < 4.78 is 59.2. The largest absolute Gasteiger partial charge is 0.480 e. The summed E-state index contributed by atoms with van der Waals surface area (Å²) >= 11 is 6.70. The van der Waals surface area contributed by atoms with Gasteiger partial charge in [0.05, 0.1) is 14.9 Å². The first-order valence-corrected chi connectivity index (χ1v) is 12.8. The Balaban J connectivity index is 1.88. The van der Waals surface area contributed by atoms with E-state index in [1.165, 1.54) is 24.3 Å². The van der Waals surface area contributed by atoms with Gasteiger partial charge in [-0.25, -0.2) is 8.42 Å². The van der Waals surface area contributed by atoms with Crippen LogP contribution in [0.2, 0.25) is 4.34 Å². The van der Waals surface area contributed by atoms with Gasteiger partial charge in [0, 0.05) is 19.5 Å². The topological polar surface area (TPSA) is 142 Å². The van der Waals surface area contributed by atoms with Crippen molar-refractivity contribution in [3.63, 3.8) is 0 Å². The second-order valence-electron chi connectivity index (χ2n) is 7.31. The number of nitrogens with zero attached hydrogens (tertiary/aromatic N) is 1. The van der Waals surface area contributed by atoms with Crippen molar-refractivity contribution in [2.45, 2.75) is 36.8 Å². The van der Waals surface area contributed by atoms with Crippen LogP contribution in [0.3, 0.4) is 0 Å². The molecule has 3 N–H and O–H groups in total. The number of amides is 2. The number of halogens is 3. The Morgan fingerprint density at radius 2 is 1.97 bits per heavy atom. The lowest BCUT2D eigenvalue weighted by Crippen LogP contribution is -2.48. The van der Waals surface area contributed by atoms with Gasteiger partial charge < -0.3 is 20.1 Å². The van der Waals surface area contributed by atoms with Crippen LogP contribution in [0.4, 0.5) is 14.5 Å². The number of thiophene rings is 1. The summed E-state index contributed by atoms with van der Waals surface area (Å²) in [5, 5.41) is 11.8. The minimum Gasteiger partial charge on any atom is -0.480 e. The molecule has 190 valence electrons. The Morgan fingerprint density at radius 1 is 1.23 bits per heavy atom. The van der Waals surface area contributed by atoms with E-state index < -0.39 is 57.7 Å². The smallest absolute Gasteiger partial charge is 0.387 e. The van der Waals surface area contributed by atoms with Crippen molar-refractivity contribution in [2.24, 2.45) is 0 Å². The molecule has 10 nitrogen and oxygen atoms in total. The van der Waals surface area contributed by atoms with E-state index in [2.05, 4.69) is 10.1 Å². The number of rotatable bonds is 10. The number of piperidine rings is 1. The lowest BCUT2D eigenvalue weighted by molar-refractivity contribution is -0.138. The van der Waals surface area contributed by atoms with Gasteiger partial charge >= 0.3 is 12.6 Å². The van der Waals surface area contributed by atoms with Crippen LogP contribution in [0.1, 0.15) is 28.9 Å². The van der Waals surface area contributed by atoms with Gasteiger partial charge in [-0.1, -0.05) is 17.7 Å². The highest BCUT2D eigenvalue weighted by Gasteiger charge is 2.33. The van der Waals surface area contributed by atoms with Gasteiger partial charge in [0.25, 0.3) is 5.91 Å². The highest BCUT2D eigenvalue weighted by Crippen LogP contribution is 2.37. The molecule has 0 spiro atoms. The third kappa shape index (κ3) is 6.66. The average Bonchev–Trinajstić information content (AvgIpc) is 3.23. The summed E-state index contributed by atoms with van der Waals surface area (Å²) in [6.07, 6.45) is 1.33. The van der Waals surface area contributed by atoms with E-state index in [4.69, 9.17) is 11.6 Å². The molecule has 0 saturated carbocycles. The summed E-state index contributed by atoms with van der Waals surface area (Å²) in [5.41, 5.74) is -0.173. The Hall–Kier alpha value is -2.81. The molecule has 15 heteroatoms. The normalized spacial score (nSPS) is 15.2. The van der Waals surface area contributed by atoms with Gasteiger partial charge in [-0.2, -0.15) is 13.5 Å². The van der Waals surface area contributed by atoms with E-state index in [0.29, 0.717) is 17.2 Å². The van der Waals surface area contributed by atoms with Gasteiger partial charge in [-0.15, -0.1) is 11.3 Å². The van der Waals surface area contributed by atoms with Gasteiger partial charge in [0.2, 0.25) is 15.9 Å². The number of para-hydroxylation sites is 1. The highest BCUT2D eigenvalue weighted by molar-refractivity contribution is 7.89. The second kappa shape index (κ2) is 11.3. The van der Waals surface area contributed by atoms with Crippen molar-refractivity contribution in [1.29, 1.82) is 0 Å². The highest BCUT2D eigenvalue weighted by atomic mass is 35.5. The molecule has 2 amide bonds. The number of carbonyl (C=O) groups excluding carboxylic acids is 2. The van der Waals surface area contributed by atoms with Crippen LogP contribution in [0, 0.1) is 0 Å². The zero-order chi connectivity index (χ0) is 25.8. The number of carbonyl (C=O) groups is 3. The minimum atomic E-state index is -4.76. The molecule has 0 unspecified atom stereocenters. The molecule has 1 aliphatic heterocycles. The molecule has 2 heterocycles. The quantitative estimate of drug-likeness (QED) is 0.412. The summed E-state index contributed by atoms with van der Waals surface area (Å²) in [6.45, 7) is -3.90. The maximum atomic E-state index is 13.2. The number of nitrogens with one attached hydrogen (secondary N) is 2. The van der Waals surface area contributed by atoms with Crippen molar-refractivity contribution in [3.8, 4) is 5.75 Å². The summed E-state index contributed by atoms with van der Waals surface area (Å²) in [7, 11) is -4.76. The van der Waals surface area contributed by atoms with Crippen molar-refractivity contribution < 1.29 is 41.4 Å². The SMILES string of the molecule is O=C(NC[C@H](NS(=O)(=O)c1cccc(N2CCCCC2=O)c1OC(F)F)C(=O)O)c1ccc(Cl)s1. The van der Waals surface area contributed by atoms with E-state index in [-0.39, 0.29) is 23.5 Å². The Morgan fingerprint density at radius 3 is 2.57 bits per heavy atom. The number of ether oxygens (including phenoxy) is 1. The van der Waals surface area contributed by atoms with Crippen LogP contribution in [-0.2, 0) is 19.6 Å². The first-order chi connectivity index (χ1) is 16.5. The van der Waals surface area contributed by atoms with Gasteiger partial charge in [-0.05, 0) is 37.1 Å². The van der Waals surface area contributed by atoms with Crippen LogP contribution in [0.25, 0.3) is 0 Å². The molecule has 0 aliphatic carbocycles. The van der Waals surface area contributed by atoms with Crippen LogP contribution < -0.4 is 19.7 Å². The molecule has 0 radical (unpaired) electrons. The molecule has 1 aromatic heterocycles. The molecule has 1 fully saturated rings. The Labute approximate surface area is 207 Å².